The summed E-state index contributed by atoms with van der Waals surface area (Å²) in [5, 5.41) is 4.12. The van der Waals surface area contributed by atoms with Gasteiger partial charge in [-0.15, -0.1) is 0 Å². The summed E-state index contributed by atoms with van der Waals surface area (Å²) < 4.78 is 7.23. The molecule has 6 nitrogen and oxygen atoms in total. The molecule has 6 heteroatoms. The van der Waals surface area contributed by atoms with Gasteiger partial charge in [-0.3, -0.25) is 19.2 Å². The fourth-order valence-electron chi connectivity index (χ4n) is 3.64. The maximum atomic E-state index is 12.6. The van der Waals surface area contributed by atoms with Crippen LogP contribution >= 0.6 is 0 Å². The Labute approximate surface area is 146 Å². The molecule has 0 bridgehead atoms. The summed E-state index contributed by atoms with van der Waals surface area (Å²) in [6.07, 6.45) is 6.14. The smallest absolute Gasteiger partial charge is 0.233 e. The topological polar surface area (TPSA) is 64.4 Å². The summed E-state index contributed by atoms with van der Waals surface area (Å²) in [4.78, 5) is 26.3. The first kappa shape index (κ1) is 15.9. The predicted octanol–water partition coefficient (Wildman–Crippen LogP) is 1.52. The van der Waals surface area contributed by atoms with Crippen LogP contribution in [0.4, 0.5) is 0 Å². The number of carbonyl (C=O) groups is 2. The largest absolute Gasteiger partial charge is 0.493 e. The second-order valence-electron chi connectivity index (χ2n) is 6.80. The second-order valence-corrected chi connectivity index (χ2v) is 6.80. The number of nitrogens with zero attached hydrogens (tertiary/aromatic N) is 3. The molecule has 130 valence electrons. The summed E-state index contributed by atoms with van der Waals surface area (Å²) >= 11 is 0. The van der Waals surface area contributed by atoms with Gasteiger partial charge >= 0.3 is 0 Å². The number of ether oxygens (including phenoxy) is 1. The van der Waals surface area contributed by atoms with Crippen molar-refractivity contribution in [2.24, 2.45) is 13.0 Å². The van der Waals surface area contributed by atoms with E-state index in [9.17, 15) is 9.59 Å². The average molecular weight is 339 g/mol. The Morgan fingerprint density at radius 1 is 1.28 bits per heavy atom. The van der Waals surface area contributed by atoms with E-state index in [1.807, 2.05) is 25.4 Å². The lowest BCUT2D eigenvalue weighted by atomic mass is 10.0. The number of aryl methyl sites for hydroxylation is 1. The zero-order chi connectivity index (χ0) is 17.4. The van der Waals surface area contributed by atoms with Crippen LogP contribution in [0.15, 0.2) is 30.6 Å². The Hall–Kier alpha value is -2.63. The van der Waals surface area contributed by atoms with Crippen LogP contribution in [0.3, 0.4) is 0 Å². The number of amides is 2. The van der Waals surface area contributed by atoms with Gasteiger partial charge in [0, 0.05) is 32.6 Å². The maximum Gasteiger partial charge on any atom is 0.233 e. The van der Waals surface area contributed by atoms with Crippen molar-refractivity contribution >= 4 is 11.8 Å². The van der Waals surface area contributed by atoms with E-state index >= 15 is 0 Å². The number of rotatable bonds is 5. The lowest BCUT2D eigenvalue weighted by Gasteiger charge is -2.15. The molecule has 2 aromatic rings. The molecule has 4 rings (SSSR count). The number of hydrogen-bond donors (Lipinski definition) is 0. The SMILES string of the molecule is Cn1cc(C[C@@H]2CC(=O)N(CCc3ccc4c(c3)CCO4)C2=O)cn1. The van der Waals surface area contributed by atoms with Gasteiger partial charge in [0.1, 0.15) is 5.75 Å². The molecule has 1 saturated heterocycles. The summed E-state index contributed by atoms with van der Waals surface area (Å²) in [6.45, 7) is 1.18. The third kappa shape index (κ3) is 3.16. The van der Waals surface area contributed by atoms with Crippen LogP contribution in [0.5, 0.6) is 5.75 Å². The molecule has 1 aromatic heterocycles. The van der Waals surface area contributed by atoms with Gasteiger partial charge in [0.05, 0.1) is 18.7 Å². The minimum atomic E-state index is -0.259. The molecule has 0 spiro atoms. The van der Waals surface area contributed by atoms with Crippen molar-refractivity contribution in [1.82, 2.24) is 14.7 Å². The highest BCUT2D eigenvalue weighted by Crippen LogP contribution is 2.27. The van der Waals surface area contributed by atoms with Gasteiger partial charge in [-0.25, -0.2) is 0 Å². The van der Waals surface area contributed by atoms with E-state index in [2.05, 4.69) is 11.2 Å². The molecule has 0 saturated carbocycles. The number of imide groups is 1. The van der Waals surface area contributed by atoms with Crippen molar-refractivity contribution in [3.05, 3.63) is 47.3 Å². The van der Waals surface area contributed by atoms with E-state index in [-0.39, 0.29) is 17.7 Å². The summed E-state index contributed by atoms with van der Waals surface area (Å²) in [5.74, 6) is 0.570. The monoisotopic (exact) mass is 339 g/mol. The molecule has 0 aliphatic carbocycles. The molecule has 1 aromatic carbocycles. The van der Waals surface area contributed by atoms with Crippen molar-refractivity contribution < 1.29 is 14.3 Å². The third-order valence-corrected chi connectivity index (χ3v) is 4.96. The Kier molecular flexibility index (Phi) is 4.03. The van der Waals surface area contributed by atoms with Gasteiger partial charge in [-0.2, -0.15) is 5.10 Å². The van der Waals surface area contributed by atoms with E-state index in [4.69, 9.17) is 4.74 Å². The fraction of sp³-hybridized carbons (Fsp3) is 0.421. The number of carbonyl (C=O) groups excluding carboxylic acids is 2. The summed E-state index contributed by atoms with van der Waals surface area (Å²) in [5.41, 5.74) is 3.35. The fourth-order valence-corrected chi connectivity index (χ4v) is 3.64. The lowest BCUT2D eigenvalue weighted by Crippen LogP contribution is -2.33. The van der Waals surface area contributed by atoms with Crippen LogP contribution in [-0.2, 0) is 35.9 Å². The van der Waals surface area contributed by atoms with Gasteiger partial charge in [0.25, 0.3) is 0 Å². The molecule has 1 fully saturated rings. The average Bonchev–Trinajstić information content (AvgIpc) is 3.27. The van der Waals surface area contributed by atoms with Crippen LogP contribution in [-0.4, -0.2) is 39.6 Å². The van der Waals surface area contributed by atoms with Gasteiger partial charge < -0.3 is 4.74 Å². The highest BCUT2D eigenvalue weighted by atomic mass is 16.5. The van der Waals surface area contributed by atoms with Crippen molar-refractivity contribution in [1.29, 1.82) is 0 Å². The first-order valence-electron chi connectivity index (χ1n) is 8.66. The van der Waals surface area contributed by atoms with Crippen LogP contribution < -0.4 is 4.74 Å². The van der Waals surface area contributed by atoms with E-state index < -0.39 is 0 Å². The van der Waals surface area contributed by atoms with Gasteiger partial charge in [0.2, 0.25) is 11.8 Å². The van der Waals surface area contributed by atoms with Crippen LogP contribution in [0.1, 0.15) is 23.1 Å². The molecule has 0 radical (unpaired) electrons. The van der Waals surface area contributed by atoms with Crippen molar-refractivity contribution in [2.75, 3.05) is 13.2 Å². The van der Waals surface area contributed by atoms with E-state index in [0.717, 1.165) is 29.9 Å². The summed E-state index contributed by atoms with van der Waals surface area (Å²) in [6, 6.07) is 6.12. The van der Waals surface area contributed by atoms with Gasteiger partial charge in [-0.05, 0) is 35.6 Å². The molecule has 0 N–H and O–H groups in total. The number of likely N-dealkylation sites (tertiary alicyclic amines) is 1. The molecule has 25 heavy (non-hydrogen) atoms. The molecule has 1 atom stereocenters. The number of fused-ring (bicyclic) bond motifs is 1. The highest BCUT2D eigenvalue weighted by Gasteiger charge is 2.38. The minimum absolute atomic E-state index is 0.0571. The van der Waals surface area contributed by atoms with Crippen LogP contribution in [0.2, 0.25) is 0 Å². The second kappa shape index (κ2) is 6.35. The van der Waals surface area contributed by atoms with Gasteiger partial charge in [0.15, 0.2) is 0 Å². The standard InChI is InChI=1S/C19H21N3O3/c1-21-12-14(11-20-21)9-16-10-18(23)22(19(16)24)6-4-13-2-3-17-15(8-13)5-7-25-17/h2-3,8,11-12,16H,4-7,9-10H2,1H3/t16-/m1/s1. The molecule has 2 amide bonds. The van der Waals surface area contributed by atoms with E-state index in [1.165, 1.54) is 10.5 Å². The molecule has 0 unspecified atom stereocenters. The van der Waals surface area contributed by atoms with E-state index in [1.54, 1.807) is 10.9 Å². The third-order valence-electron chi connectivity index (χ3n) is 4.96. The van der Waals surface area contributed by atoms with Crippen molar-refractivity contribution in [3.8, 4) is 5.75 Å². The molecular formula is C19H21N3O3. The highest BCUT2D eigenvalue weighted by molar-refractivity contribution is 6.03. The Morgan fingerprint density at radius 2 is 2.16 bits per heavy atom. The number of hydrogen-bond acceptors (Lipinski definition) is 4. The summed E-state index contributed by atoms with van der Waals surface area (Å²) in [7, 11) is 1.85. The Morgan fingerprint density at radius 3 is 2.96 bits per heavy atom. The maximum absolute atomic E-state index is 12.6. The Balaban J connectivity index is 1.39. The quantitative estimate of drug-likeness (QED) is 0.775. The van der Waals surface area contributed by atoms with Crippen LogP contribution in [0.25, 0.3) is 0 Å². The van der Waals surface area contributed by atoms with Crippen molar-refractivity contribution in [2.45, 2.75) is 25.7 Å². The lowest BCUT2D eigenvalue weighted by molar-refractivity contribution is -0.139. The first-order chi connectivity index (χ1) is 12.1. The normalized spacial score (nSPS) is 19.4. The Bertz CT molecular complexity index is 827. The zero-order valence-corrected chi connectivity index (χ0v) is 14.3. The first-order valence-corrected chi connectivity index (χ1v) is 8.66. The number of aromatic nitrogens is 2. The molecule has 2 aliphatic heterocycles. The van der Waals surface area contributed by atoms with Crippen molar-refractivity contribution in [3.63, 3.8) is 0 Å². The molecule has 2 aliphatic rings. The van der Waals surface area contributed by atoms with Gasteiger partial charge in [-0.1, -0.05) is 12.1 Å². The minimum Gasteiger partial charge on any atom is -0.493 e. The molecular weight excluding hydrogens is 318 g/mol. The number of benzene rings is 1. The van der Waals surface area contributed by atoms with E-state index in [0.29, 0.717) is 25.8 Å². The predicted molar refractivity (Wildman–Crippen MR) is 91.1 cm³/mol. The zero-order valence-electron chi connectivity index (χ0n) is 14.3. The molecule has 3 heterocycles. The van der Waals surface area contributed by atoms with Crippen LogP contribution in [0, 0.1) is 5.92 Å².